The van der Waals surface area contributed by atoms with Crippen molar-refractivity contribution in [1.82, 2.24) is 0 Å². The lowest BCUT2D eigenvalue weighted by Crippen LogP contribution is -2.10. The van der Waals surface area contributed by atoms with E-state index in [4.69, 9.17) is 14.3 Å². The molecule has 0 heterocycles. The maximum absolute atomic E-state index is 5.99. The number of oxime groups is 1. The number of hydrogen-bond acceptors (Lipinski definition) is 4. The van der Waals surface area contributed by atoms with Gasteiger partial charge in [0.25, 0.3) is 0 Å². The van der Waals surface area contributed by atoms with Crippen molar-refractivity contribution in [3.63, 3.8) is 0 Å². The molecule has 0 atom stereocenters. The molecule has 0 spiro atoms. The van der Waals surface area contributed by atoms with E-state index in [1.165, 1.54) is 180 Å². The normalized spacial score (nSPS) is 11.8. The molecule has 0 N–H and O–H groups in total. The SMILES string of the molecule is CCCCCCCCCCCCCCCCC(CCCCCCCCCCCCCCCC)O/N=C/CCOCCOC. The fourth-order valence-electron chi connectivity index (χ4n) is 5.95. The Morgan fingerprint density at radius 2 is 0.791 bits per heavy atom. The third-order valence-corrected chi connectivity index (χ3v) is 8.87. The maximum Gasteiger partial charge on any atom is 0.127 e. The second-order valence-corrected chi connectivity index (χ2v) is 13.2. The largest absolute Gasteiger partial charge is 0.393 e. The Labute approximate surface area is 271 Å². The smallest absolute Gasteiger partial charge is 0.127 e. The summed E-state index contributed by atoms with van der Waals surface area (Å²) in [5.41, 5.74) is 0. The summed E-state index contributed by atoms with van der Waals surface area (Å²) >= 11 is 0. The number of ether oxygens (including phenoxy) is 2. The molecule has 0 rings (SSSR count). The van der Waals surface area contributed by atoms with E-state index in [9.17, 15) is 0 Å². The van der Waals surface area contributed by atoms with Crippen LogP contribution in [0.3, 0.4) is 0 Å². The molecule has 0 aliphatic rings. The Hall–Kier alpha value is -0.610. The first-order valence-electron chi connectivity index (χ1n) is 19.6. The molecule has 4 nitrogen and oxygen atoms in total. The average molecular weight is 610 g/mol. The van der Waals surface area contributed by atoms with Crippen LogP contribution in [0.5, 0.6) is 0 Å². The molecule has 258 valence electrons. The molecule has 0 aromatic rings. The van der Waals surface area contributed by atoms with E-state index in [2.05, 4.69) is 19.0 Å². The topological polar surface area (TPSA) is 40.0 Å². The van der Waals surface area contributed by atoms with Gasteiger partial charge in [-0.2, -0.15) is 0 Å². The molecule has 4 heteroatoms. The van der Waals surface area contributed by atoms with Crippen molar-refractivity contribution in [2.75, 3.05) is 26.9 Å². The summed E-state index contributed by atoms with van der Waals surface area (Å²) in [6.07, 6.45) is 44.7. The van der Waals surface area contributed by atoms with Gasteiger partial charge in [0, 0.05) is 19.7 Å². The van der Waals surface area contributed by atoms with Gasteiger partial charge in [0.15, 0.2) is 0 Å². The van der Waals surface area contributed by atoms with Crippen LogP contribution >= 0.6 is 0 Å². The average Bonchev–Trinajstić information content (AvgIpc) is 3.02. The highest BCUT2D eigenvalue weighted by Gasteiger charge is 2.09. The van der Waals surface area contributed by atoms with Crippen molar-refractivity contribution in [3.05, 3.63) is 0 Å². The predicted molar refractivity (Wildman–Crippen MR) is 191 cm³/mol. The summed E-state index contributed by atoms with van der Waals surface area (Å²) in [5, 5.41) is 4.32. The van der Waals surface area contributed by atoms with E-state index in [1.807, 2.05) is 6.21 Å². The number of hydrogen-bond donors (Lipinski definition) is 0. The number of methoxy groups -OCH3 is 1. The minimum absolute atomic E-state index is 0.278. The lowest BCUT2D eigenvalue weighted by atomic mass is 10.0. The first-order chi connectivity index (χ1) is 21.3. The quantitative estimate of drug-likeness (QED) is 0.0397. The molecule has 0 bridgehead atoms. The van der Waals surface area contributed by atoms with Crippen LogP contribution < -0.4 is 0 Å². The van der Waals surface area contributed by atoms with Crippen LogP contribution in [0, 0.1) is 0 Å². The minimum Gasteiger partial charge on any atom is -0.393 e. The lowest BCUT2D eigenvalue weighted by Gasteiger charge is -2.15. The number of unbranched alkanes of at least 4 members (excludes halogenated alkanes) is 26. The van der Waals surface area contributed by atoms with E-state index >= 15 is 0 Å². The van der Waals surface area contributed by atoms with Crippen LogP contribution in [-0.4, -0.2) is 39.2 Å². The van der Waals surface area contributed by atoms with Crippen molar-refractivity contribution < 1.29 is 14.3 Å². The second kappa shape index (κ2) is 39.4. The van der Waals surface area contributed by atoms with Gasteiger partial charge in [-0.3, -0.25) is 0 Å². The van der Waals surface area contributed by atoms with Gasteiger partial charge in [-0.05, 0) is 25.7 Å². The summed E-state index contributed by atoms with van der Waals surface area (Å²) in [4.78, 5) is 5.99. The van der Waals surface area contributed by atoms with Gasteiger partial charge in [-0.25, -0.2) is 0 Å². The summed E-state index contributed by atoms with van der Waals surface area (Å²) in [7, 11) is 1.70. The van der Waals surface area contributed by atoms with Crippen molar-refractivity contribution in [2.24, 2.45) is 5.16 Å². The van der Waals surface area contributed by atoms with E-state index in [0.717, 1.165) is 19.3 Å². The van der Waals surface area contributed by atoms with Crippen LogP contribution in [-0.2, 0) is 14.3 Å². The zero-order valence-corrected chi connectivity index (χ0v) is 29.9. The van der Waals surface area contributed by atoms with E-state index in [1.54, 1.807) is 7.11 Å². The van der Waals surface area contributed by atoms with Crippen LogP contribution in [0.2, 0.25) is 0 Å². The van der Waals surface area contributed by atoms with Crippen molar-refractivity contribution >= 4 is 6.21 Å². The molecular formula is C39H79NO3. The molecule has 0 aromatic heterocycles. The Morgan fingerprint density at radius 3 is 1.14 bits per heavy atom. The van der Waals surface area contributed by atoms with Gasteiger partial charge in [0.2, 0.25) is 0 Å². The Morgan fingerprint density at radius 1 is 0.442 bits per heavy atom. The highest BCUT2D eigenvalue weighted by Crippen LogP contribution is 2.18. The zero-order chi connectivity index (χ0) is 31.2. The third-order valence-electron chi connectivity index (χ3n) is 8.87. The first kappa shape index (κ1) is 42.4. The van der Waals surface area contributed by atoms with Crippen molar-refractivity contribution in [1.29, 1.82) is 0 Å². The molecule has 0 amide bonds. The molecule has 0 radical (unpaired) electrons. The van der Waals surface area contributed by atoms with E-state index < -0.39 is 0 Å². The molecule has 0 saturated heterocycles. The van der Waals surface area contributed by atoms with Gasteiger partial charge in [0.05, 0.1) is 19.8 Å². The Bertz CT molecular complexity index is 481. The predicted octanol–water partition coefficient (Wildman–Crippen LogP) is 13.2. The van der Waals surface area contributed by atoms with Gasteiger partial charge in [0.1, 0.15) is 6.10 Å². The molecule has 0 fully saturated rings. The molecule has 0 aromatic carbocycles. The van der Waals surface area contributed by atoms with Gasteiger partial charge in [-0.15, -0.1) is 0 Å². The summed E-state index contributed by atoms with van der Waals surface area (Å²) in [5.74, 6) is 0. The highest BCUT2D eigenvalue weighted by molar-refractivity contribution is 5.56. The van der Waals surface area contributed by atoms with Gasteiger partial charge >= 0.3 is 0 Å². The van der Waals surface area contributed by atoms with Gasteiger partial charge in [-0.1, -0.05) is 186 Å². The van der Waals surface area contributed by atoms with Gasteiger partial charge < -0.3 is 14.3 Å². The summed E-state index contributed by atoms with van der Waals surface area (Å²) in [6.45, 7) is 6.57. The standard InChI is InChI=1S/C39H79NO3/c1-4-6-8-10-12-14-16-18-20-22-24-26-28-30-33-39(43-40-35-32-36-42-38-37-41-3)34-31-29-27-25-23-21-19-17-15-13-11-9-7-5-2/h35,39H,4-34,36-38H2,1-3H3/b40-35+. The Kier molecular flexibility index (Phi) is 38.9. The van der Waals surface area contributed by atoms with Crippen LogP contribution in [0.15, 0.2) is 5.16 Å². The molecule has 43 heavy (non-hydrogen) atoms. The van der Waals surface area contributed by atoms with Crippen molar-refractivity contribution in [3.8, 4) is 0 Å². The van der Waals surface area contributed by atoms with Crippen LogP contribution in [0.25, 0.3) is 0 Å². The molecule has 0 aliphatic heterocycles. The highest BCUT2D eigenvalue weighted by atomic mass is 16.6. The summed E-state index contributed by atoms with van der Waals surface area (Å²) < 4.78 is 10.5. The zero-order valence-electron chi connectivity index (χ0n) is 29.9. The minimum atomic E-state index is 0.278. The third kappa shape index (κ3) is 37.5. The molecule has 0 unspecified atom stereocenters. The van der Waals surface area contributed by atoms with Crippen LogP contribution in [0.1, 0.15) is 213 Å². The fraction of sp³-hybridized carbons (Fsp3) is 0.974. The second-order valence-electron chi connectivity index (χ2n) is 13.2. The lowest BCUT2D eigenvalue weighted by molar-refractivity contribution is 0.0426. The molecule has 0 saturated carbocycles. The first-order valence-corrected chi connectivity index (χ1v) is 19.6. The van der Waals surface area contributed by atoms with E-state index in [-0.39, 0.29) is 6.10 Å². The number of nitrogens with zero attached hydrogens (tertiary/aromatic N) is 1. The monoisotopic (exact) mass is 610 g/mol. The number of rotatable bonds is 38. The molecular weight excluding hydrogens is 530 g/mol. The fourth-order valence-corrected chi connectivity index (χ4v) is 5.95. The molecule has 0 aliphatic carbocycles. The maximum atomic E-state index is 5.99. The van der Waals surface area contributed by atoms with Crippen molar-refractivity contribution in [2.45, 2.75) is 219 Å². The summed E-state index contributed by atoms with van der Waals surface area (Å²) in [6, 6.07) is 0. The van der Waals surface area contributed by atoms with E-state index in [0.29, 0.717) is 19.8 Å². The Balaban J connectivity index is 3.88. The van der Waals surface area contributed by atoms with Crippen LogP contribution in [0.4, 0.5) is 0 Å².